The van der Waals surface area contributed by atoms with Crippen LogP contribution in [0, 0.1) is 0 Å². The van der Waals surface area contributed by atoms with Crippen molar-refractivity contribution in [1.29, 1.82) is 0 Å². The molecule has 0 saturated heterocycles. The van der Waals surface area contributed by atoms with E-state index in [9.17, 15) is 9.59 Å². The fourth-order valence-electron chi connectivity index (χ4n) is 1.46. The van der Waals surface area contributed by atoms with Gasteiger partial charge in [0.2, 0.25) is 0 Å². The first-order valence-electron chi connectivity index (χ1n) is 5.65. The summed E-state index contributed by atoms with van der Waals surface area (Å²) in [7, 11) is 0. The summed E-state index contributed by atoms with van der Waals surface area (Å²) >= 11 is 3.25. The zero-order chi connectivity index (χ0) is 13.7. The fraction of sp³-hybridized carbons (Fsp3) is 0.231. The molecular weight excluding hydrogens is 282 g/mol. The van der Waals surface area contributed by atoms with E-state index < -0.39 is 5.97 Å². The lowest BCUT2D eigenvalue weighted by Gasteiger charge is -2.03. The minimum absolute atomic E-state index is 0.224. The molecule has 0 radical (unpaired) electrons. The summed E-state index contributed by atoms with van der Waals surface area (Å²) in [5, 5.41) is 8.90. The van der Waals surface area contributed by atoms with E-state index in [1.807, 2.05) is 5.38 Å². The van der Waals surface area contributed by atoms with E-state index in [1.54, 1.807) is 22.7 Å². The van der Waals surface area contributed by atoms with Crippen LogP contribution in [0.5, 0.6) is 0 Å². The average Bonchev–Trinajstić information content (AvgIpc) is 3.03. The van der Waals surface area contributed by atoms with Gasteiger partial charge in [-0.1, -0.05) is 0 Å². The number of ether oxygens (including phenoxy) is 1. The molecule has 0 saturated carbocycles. The van der Waals surface area contributed by atoms with Gasteiger partial charge in [-0.2, -0.15) is 11.3 Å². The van der Waals surface area contributed by atoms with Gasteiger partial charge in [-0.05, 0) is 39.4 Å². The maximum Gasteiger partial charge on any atom is 0.303 e. The third kappa shape index (κ3) is 4.18. The van der Waals surface area contributed by atoms with Crippen molar-refractivity contribution in [3.63, 3.8) is 0 Å². The van der Waals surface area contributed by atoms with E-state index in [0.29, 0.717) is 6.54 Å². The number of hydrogen-bond donors (Lipinski definition) is 1. The maximum absolute atomic E-state index is 11.4. The number of amides is 1. The van der Waals surface area contributed by atoms with Crippen molar-refractivity contribution < 1.29 is 14.3 Å². The van der Waals surface area contributed by atoms with Crippen LogP contribution in [0.15, 0.2) is 28.3 Å². The molecule has 100 valence electrons. The summed E-state index contributed by atoms with van der Waals surface area (Å²) in [6, 6.07) is 4.12. The summed E-state index contributed by atoms with van der Waals surface area (Å²) < 4.78 is 4.61. The third-order valence-electron chi connectivity index (χ3n) is 2.37. The van der Waals surface area contributed by atoms with Gasteiger partial charge in [0.05, 0.1) is 6.54 Å². The SMILES string of the molecule is CC(=O)OCC(=O)NCc1cc(-c2ccsc2)cs1. The first-order chi connectivity index (χ1) is 9.15. The maximum atomic E-state index is 11.4. The van der Waals surface area contributed by atoms with Crippen molar-refractivity contribution in [2.75, 3.05) is 6.61 Å². The molecule has 6 heteroatoms. The van der Waals surface area contributed by atoms with Crippen molar-refractivity contribution >= 4 is 34.6 Å². The van der Waals surface area contributed by atoms with Crippen LogP contribution in [0.25, 0.3) is 11.1 Å². The lowest BCUT2D eigenvalue weighted by atomic mass is 10.2. The number of carbonyl (C=O) groups excluding carboxylic acids is 2. The van der Waals surface area contributed by atoms with Crippen molar-refractivity contribution in [1.82, 2.24) is 5.32 Å². The molecule has 1 N–H and O–H groups in total. The lowest BCUT2D eigenvalue weighted by Crippen LogP contribution is -2.27. The Morgan fingerprint density at radius 1 is 1.32 bits per heavy atom. The third-order valence-corrected chi connectivity index (χ3v) is 3.99. The summed E-state index contributed by atoms with van der Waals surface area (Å²) in [5.74, 6) is -0.744. The molecule has 0 unspecified atom stereocenters. The summed E-state index contributed by atoms with van der Waals surface area (Å²) in [6.07, 6.45) is 0. The molecule has 0 spiro atoms. The first-order valence-corrected chi connectivity index (χ1v) is 7.47. The average molecular weight is 295 g/mol. The molecule has 2 aromatic rings. The van der Waals surface area contributed by atoms with E-state index in [2.05, 4.69) is 32.9 Å². The molecule has 0 aliphatic carbocycles. The summed E-state index contributed by atoms with van der Waals surface area (Å²) in [5.41, 5.74) is 2.36. The van der Waals surface area contributed by atoms with Crippen LogP contribution in [0.2, 0.25) is 0 Å². The summed E-state index contributed by atoms with van der Waals surface area (Å²) in [4.78, 5) is 23.0. The van der Waals surface area contributed by atoms with Crippen LogP contribution in [0.1, 0.15) is 11.8 Å². The Hall–Kier alpha value is -1.66. The van der Waals surface area contributed by atoms with Crippen LogP contribution in [-0.4, -0.2) is 18.5 Å². The molecule has 0 aliphatic rings. The van der Waals surface area contributed by atoms with E-state index >= 15 is 0 Å². The van der Waals surface area contributed by atoms with E-state index in [1.165, 1.54) is 12.5 Å². The molecular formula is C13H13NO3S2. The van der Waals surface area contributed by atoms with Gasteiger partial charge in [-0.25, -0.2) is 0 Å². The quantitative estimate of drug-likeness (QED) is 0.863. The molecule has 0 aliphatic heterocycles. The molecule has 2 rings (SSSR count). The second kappa shape index (κ2) is 6.49. The Morgan fingerprint density at radius 2 is 2.16 bits per heavy atom. The molecule has 0 aromatic carbocycles. The smallest absolute Gasteiger partial charge is 0.303 e. The van der Waals surface area contributed by atoms with E-state index in [4.69, 9.17) is 0 Å². The molecule has 2 heterocycles. The number of rotatable bonds is 5. The highest BCUT2D eigenvalue weighted by molar-refractivity contribution is 7.10. The molecule has 0 bridgehead atoms. The normalized spacial score (nSPS) is 10.2. The van der Waals surface area contributed by atoms with Crippen molar-refractivity contribution in [2.24, 2.45) is 0 Å². The molecule has 2 aromatic heterocycles. The zero-order valence-electron chi connectivity index (χ0n) is 10.3. The number of nitrogens with one attached hydrogen (secondary N) is 1. The highest BCUT2D eigenvalue weighted by Crippen LogP contribution is 2.27. The lowest BCUT2D eigenvalue weighted by molar-refractivity contribution is -0.146. The zero-order valence-corrected chi connectivity index (χ0v) is 12.0. The van der Waals surface area contributed by atoms with E-state index in [0.717, 1.165) is 10.4 Å². The molecule has 0 atom stereocenters. The van der Waals surface area contributed by atoms with Gasteiger partial charge in [0.25, 0.3) is 5.91 Å². The Labute approximate surface area is 119 Å². The second-order valence-electron chi connectivity index (χ2n) is 3.87. The van der Waals surface area contributed by atoms with Crippen molar-refractivity contribution in [2.45, 2.75) is 13.5 Å². The molecule has 4 nitrogen and oxygen atoms in total. The van der Waals surface area contributed by atoms with E-state index in [-0.39, 0.29) is 12.5 Å². The van der Waals surface area contributed by atoms with Gasteiger partial charge in [0, 0.05) is 11.8 Å². The molecule has 19 heavy (non-hydrogen) atoms. The molecule has 1 amide bonds. The largest absolute Gasteiger partial charge is 0.456 e. The highest BCUT2D eigenvalue weighted by Gasteiger charge is 2.06. The Bertz CT molecular complexity index is 560. The number of hydrogen-bond acceptors (Lipinski definition) is 5. The van der Waals surface area contributed by atoms with Gasteiger partial charge in [-0.3, -0.25) is 9.59 Å². The van der Waals surface area contributed by atoms with Crippen LogP contribution in [0.3, 0.4) is 0 Å². The predicted octanol–water partition coefficient (Wildman–Crippen LogP) is 2.66. The highest BCUT2D eigenvalue weighted by atomic mass is 32.1. The van der Waals surface area contributed by atoms with Gasteiger partial charge < -0.3 is 10.1 Å². The monoisotopic (exact) mass is 295 g/mol. The Morgan fingerprint density at radius 3 is 2.84 bits per heavy atom. The standard InChI is InChI=1S/C13H13NO3S2/c1-9(15)17-6-13(16)14-5-12-4-11(8-19-12)10-2-3-18-7-10/h2-4,7-8H,5-6H2,1H3,(H,14,16). The number of thiophene rings is 2. The van der Waals surface area contributed by atoms with Gasteiger partial charge >= 0.3 is 5.97 Å². The number of carbonyl (C=O) groups is 2. The summed E-state index contributed by atoms with van der Waals surface area (Å²) in [6.45, 7) is 1.51. The van der Waals surface area contributed by atoms with Crippen LogP contribution >= 0.6 is 22.7 Å². The minimum Gasteiger partial charge on any atom is -0.456 e. The number of esters is 1. The van der Waals surface area contributed by atoms with Gasteiger partial charge in [0.1, 0.15) is 0 Å². The second-order valence-corrected chi connectivity index (χ2v) is 5.65. The van der Waals surface area contributed by atoms with Crippen molar-refractivity contribution in [3.8, 4) is 11.1 Å². The Kier molecular flexibility index (Phi) is 4.70. The Balaban J connectivity index is 1.84. The van der Waals surface area contributed by atoms with Gasteiger partial charge in [-0.15, -0.1) is 11.3 Å². The van der Waals surface area contributed by atoms with Gasteiger partial charge in [0.15, 0.2) is 6.61 Å². The minimum atomic E-state index is -0.453. The first kappa shape index (κ1) is 13.8. The van der Waals surface area contributed by atoms with Crippen LogP contribution in [0.4, 0.5) is 0 Å². The van der Waals surface area contributed by atoms with Crippen LogP contribution in [-0.2, 0) is 20.9 Å². The topological polar surface area (TPSA) is 55.4 Å². The fourth-order valence-corrected chi connectivity index (χ4v) is 2.96. The van der Waals surface area contributed by atoms with Crippen molar-refractivity contribution in [3.05, 3.63) is 33.2 Å². The predicted molar refractivity (Wildman–Crippen MR) is 76.1 cm³/mol. The molecule has 0 fully saturated rings. The van der Waals surface area contributed by atoms with Crippen LogP contribution < -0.4 is 5.32 Å².